The van der Waals surface area contributed by atoms with Gasteiger partial charge in [0.25, 0.3) is 0 Å². The van der Waals surface area contributed by atoms with Crippen molar-refractivity contribution < 1.29 is 13.2 Å². The normalized spacial score (nSPS) is 17.0. The summed E-state index contributed by atoms with van der Waals surface area (Å²) < 4.78 is 41.5. The zero-order chi connectivity index (χ0) is 21.6. The number of aryl methyl sites for hydroxylation is 1. The quantitative estimate of drug-likeness (QED) is 0.549. The van der Waals surface area contributed by atoms with Crippen molar-refractivity contribution in [3.05, 3.63) is 47.5 Å². The fourth-order valence-corrected chi connectivity index (χ4v) is 4.03. The number of rotatable bonds is 6. The zero-order valence-electron chi connectivity index (χ0n) is 17.5. The number of nitrogens with zero attached hydrogens (tertiary/aromatic N) is 4. The van der Waals surface area contributed by atoms with Crippen LogP contribution in [0, 0.1) is 0 Å². The molecule has 0 aliphatic heterocycles. The summed E-state index contributed by atoms with van der Waals surface area (Å²) in [5.41, 5.74) is -0.193. The molecule has 2 N–H and O–H groups in total. The Bertz CT molecular complexity index is 852. The summed E-state index contributed by atoms with van der Waals surface area (Å²) in [6, 6.07) is 5.80. The second kappa shape index (κ2) is 9.49. The number of alkyl halides is 3. The third-order valence-corrected chi connectivity index (χ3v) is 5.74. The molecule has 1 aromatic heterocycles. The molecule has 6 nitrogen and oxygen atoms in total. The van der Waals surface area contributed by atoms with Crippen molar-refractivity contribution in [3.63, 3.8) is 0 Å². The van der Waals surface area contributed by atoms with Gasteiger partial charge < -0.3 is 10.6 Å². The van der Waals surface area contributed by atoms with E-state index in [-0.39, 0.29) is 5.41 Å². The van der Waals surface area contributed by atoms with Crippen molar-refractivity contribution in [2.24, 2.45) is 12.0 Å². The first-order chi connectivity index (χ1) is 14.3. The van der Waals surface area contributed by atoms with E-state index in [4.69, 9.17) is 0 Å². The molecule has 0 unspecified atom stereocenters. The predicted molar refractivity (Wildman–Crippen MR) is 110 cm³/mol. The van der Waals surface area contributed by atoms with Gasteiger partial charge in [-0.05, 0) is 31.4 Å². The molecule has 164 valence electrons. The lowest BCUT2D eigenvalue weighted by molar-refractivity contribution is -0.137. The molecule has 0 bridgehead atoms. The van der Waals surface area contributed by atoms with E-state index in [0.717, 1.165) is 49.6 Å². The maximum atomic E-state index is 13.3. The van der Waals surface area contributed by atoms with Crippen LogP contribution >= 0.6 is 0 Å². The van der Waals surface area contributed by atoms with Gasteiger partial charge in [0, 0.05) is 25.6 Å². The Kier molecular flexibility index (Phi) is 6.99. The van der Waals surface area contributed by atoms with E-state index < -0.39 is 11.7 Å². The largest absolute Gasteiger partial charge is 0.416 e. The van der Waals surface area contributed by atoms with E-state index in [2.05, 4.69) is 25.7 Å². The van der Waals surface area contributed by atoms with E-state index in [9.17, 15) is 13.2 Å². The molecule has 3 rings (SSSR count). The topological polar surface area (TPSA) is 67.1 Å². The second-order valence-corrected chi connectivity index (χ2v) is 7.77. The van der Waals surface area contributed by atoms with E-state index in [1.54, 1.807) is 4.68 Å². The molecule has 2 aromatic rings. The van der Waals surface area contributed by atoms with E-state index in [1.807, 2.05) is 20.0 Å². The zero-order valence-corrected chi connectivity index (χ0v) is 17.5. The van der Waals surface area contributed by atoms with Crippen molar-refractivity contribution in [2.75, 3.05) is 13.1 Å². The third-order valence-electron chi connectivity index (χ3n) is 5.74. The van der Waals surface area contributed by atoms with Crippen LogP contribution in [0.3, 0.4) is 0 Å². The van der Waals surface area contributed by atoms with Gasteiger partial charge in [-0.15, -0.1) is 0 Å². The Labute approximate surface area is 175 Å². The van der Waals surface area contributed by atoms with Gasteiger partial charge in [0.1, 0.15) is 18.7 Å². The van der Waals surface area contributed by atoms with Crippen LogP contribution in [0.15, 0.2) is 35.6 Å². The summed E-state index contributed by atoms with van der Waals surface area (Å²) in [6.45, 7) is 3.55. The van der Waals surface area contributed by atoms with Crippen molar-refractivity contribution in [3.8, 4) is 0 Å². The summed E-state index contributed by atoms with van der Waals surface area (Å²) in [5, 5.41) is 10.6. The van der Waals surface area contributed by atoms with Gasteiger partial charge in [0.2, 0.25) is 0 Å². The van der Waals surface area contributed by atoms with Gasteiger partial charge in [-0.3, -0.25) is 4.68 Å². The van der Waals surface area contributed by atoms with Crippen LogP contribution in [0.25, 0.3) is 0 Å². The molecular weight excluding hydrogens is 393 g/mol. The van der Waals surface area contributed by atoms with Crippen LogP contribution in [0.1, 0.15) is 56.0 Å². The van der Waals surface area contributed by atoms with E-state index >= 15 is 0 Å². The Hall–Kier alpha value is -2.58. The molecule has 1 aliphatic carbocycles. The Balaban J connectivity index is 1.81. The third kappa shape index (κ3) is 5.31. The second-order valence-electron chi connectivity index (χ2n) is 7.77. The van der Waals surface area contributed by atoms with Gasteiger partial charge in [0.15, 0.2) is 5.96 Å². The first-order valence-corrected chi connectivity index (χ1v) is 10.4. The van der Waals surface area contributed by atoms with Gasteiger partial charge in [-0.2, -0.15) is 18.3 Å². The fraction of sp³-hybridized carbons (Fsp3) is 0.571. The maximum absolute atomic E-state index is 13.3. The SMILES string of the molecule is CCNC(=NCc1ncnn1C)NCC1(c2cccc(C(F)(F)F)c2)CCCCC1. The minimum Gasteiger partial charge on any atom is -0.357 e. The highest BCUT2D eigenvalue weighted by Gasteiger charge is 2.37. The fourth-order valence-electron chi connectivity index (χ4n) is 4.03. The molecule has 1 saturated carbocycles. The van der Waals surface area contributed by atoms with Crippen molar-refractivity contribution in [1.82, 2.24) is 25.4 Å². The number of aliphatic imine (C=N–C) groups is 1. The highest BCUT2D eigenvalue weighted by Crippen LogP contribution is 2.41. The molecule has 30 heavy (non-hydrogen) atoms. The molecule has 0 amide bonds. The van der Waals surface area contributed by atoms with Crippen LogP contribution in [0.5, 0.6) is 0 Å². The molecule has 0 radical (unpaired) electrons. The number of hydrogen-bond donors (Lipinski definition) is 2. The van der Waals surface area contributed by atoms with Crippen LogP contribution in [-0.4, -0.2) is 33.8 Å². The average molecular weight is 422 g/mol. The highest BCUT2D eigenvalue weighted by molar-refractivity contribution is 5.79. The molecular formula is C21H29F3N6. The van der Waals surface area contributed by atoms with Gasteiger partial charge in [-0.25, -0.2) is 9.98 Å². The molecule has 0 saturated heterocycles. The molecule has 1 aromatic carbocycles. The summed E-state index contributed by atoms with van der Waals surface area (Å²) in [4.78, 5) is 8.75. The van der Waals surface area contributed by atoms with Gasteiger partial charge in [0.05, 0.1) is 5.56 Å². The van der Waals surface area contributed by atoms with Crippen molar-refractivity contribution in [2.45, 2.75) is 57.2 Å². The first-order valence-electron chi connectivity index (χ1n) is 10.4. The van der Waals surface area contributed by atoms with Gasteiger partial charge >= 0.3 is 6.18 Å². The smallest absolute Gasteiger partial charge is 0.357 e. The molecule has 1 fully saturated rings. The minimum absolute atomic E-state index is 0.347. The van der Waals surface area contributed by atoms with Crippen molar-refractivity contribution >= 4 is 5.96 Å². The van der Waals surface area contributed by atoms with E-state index in [0.29, 0.717) is 25.6 Å². The number of nitrogens with one attached hydrogen (secondary N) is 2. The summed E-state index contributed by atoms with van der Waals surface area (Å²) in [7, 11) is 1.81. The lowest BCUT2D eigenvalue weighted by Gasteiger charge is -2.38. The molecule has 9 heteroatoms. The molecule has 0 spiro atoms. The van der Waals surface area contributed by atoms with Gasteiger partial charge in [-0.1, -0.05) is 37.5 Å². The highest BCUT2D eigenvalue weighted by atomic mass is 19.4. The van der Waals surface area contributed by atoms with Crippen LogP contribution in [0.4, 0.5) is 13.2 Å². The summed E-state index contributed by atoms with van der Waals surface area (Å²) in [5.74, 6) is 1.36. The van der Waals surface area contributed by atoms with Crippen LogP contribution in [-0.2, 0) is 25.2 Å². The number of hydrogen-bond acceptors (Lipinski definition) is 3. The summed E-state index contributed by atoms with van der Waals surface area (Å²) >= 11 is 0. The van der Waals surface area contributed by atoms with E-state index in [1.165, 1.54) is 18.5 Å². The number of halogens is 3. The Morgan fingerprint density at radius 2 is 1.97 bits per heavy atom. The maximum Gasteiger partial charge on any atom is 0.416 e. The van der Waals surface area contributed by atoms with Crippen LogP contribution < -0.4 is 10.6 Å². The number of benzene rings is 1. The Morgan fingerprint density at radius 3 is 2.60 bits per heavy atom. The average Bonchev–Trinajstić information content (AvgIpc) is 3.15. The van der Waals surface area contributed by atoms with Crippen LogP contribution in [0.2, 0.25) is 0 Å². The number of guanidine groups is 1. The minimum atomic E-state index is -4.34. The first kappa shape index (κ1) is 22.1. The summed E-state index contributed by atoms with van der Waals surface area (Å²) in [6.07, 6.45) is 1.96. The molecule has 1 aliphatic rings. The Morgan fingerprint density at radius 1 is 1.20 bits per heavy atom. The lowest BCUT2D eigenvalue weighted by atomic mass is 9.69. The monoisotopic (exact) mass is 422 g/mol. The van der Waals surface area contributed by atoms with Crippen molar-refractivity contribution in [1.29, 1.82) is 0 Å². The lowest BCUT2D eigenvalue weighted by Crippen LogP contribution is -2.46. The standard InChI is InChI=1S/C21H29F3N6/c1-3-25-19(26-13-18-28-15-29-30(18)2)27-14-20(10-5-4-6-11-20)16-8-7-9-17(12-16)21(22,23)24/h7-9,12,15H,3-6,10-11,13-14H2,1-2H3,(H2,25,26,27). The molecule has 1 heterocycles. The molecule has 0 atom stereocenters. The number of aromatic nitrogens is 3. The predicted octanol–water partition coefficient (Wildman–Crippen LogP) is 3.79.